The summed E-state index contributed by atoms with van der Waals surface area (Å²) >= 11 is 0. The van der Waals surface area contributed by atoms with Gasteiger partial charge >= 0.3 is 0 Å². The van der Waals surface area contributed by atoms with Crippen molar-refractivity contribution in [2.45, 2.75) is 0 Å². The van der Waals surface area contributed by atoms with Crippen LogP contribution in [0, 0.1) is 0 Å². The number of hydrogen-bond donors (Lipinski definition) is 0. The molecule has 0 saturated heterocycles. The first-order chi connectivity index (χ1) is 23.8. The van der Waals surface area contributed by atoms with E-state index < -0.39 is 0 Å². The van der Waals surface area contributed by atoms with Crippen LogP contribution < -0.4 is 4.90 Å². The number of fused-ring (bicyclic) bond motifs is 10. The highest BCUT2D eigenvalue weighted by molar-refractivity contribution is 6.19. The van der Waals surface area contributed by atoms with Crippen molar-refractivity contribution >= 4 is 49.8 Å². The second kappa shape index (κ2) is 10.5. The molecule has 0 unspecified atom stereocenters. The molecule has 7 aromatic carbocycles. The average molecular weight is 613 g/mol. The number of anilines is 3. The zero-order valence-corrected chi connectivity index (χ0v) is 26.0. The number of benzene rings is 7. The van der Waals surface area contributed by atoms with Crippen LogP contribution in [0.2, 0.25) is 0 Å². The number of rotatable bonds is 3. The first kappa shape index (κ1) is 26.7. The summed E-state index contributed by atoms with van der Waals surface area (Å²) in [5, 5.41) is 3.34. The number of para-hydroxylation sites is 4. The average Bonchev–Trinajstić information content (AvgIpc) is 3.44. The van der Waals surface area contributed by atoms with Gasteiger partial charge in [-0.3, -0.25) is 4.57 Å². The molecule has 10 rings (SSSR count). The molecule has 0 amide bonds. The van der Waals surface area contributed by atoms with Crippen LogP contribution in [0.5, 0.6) is 0 Å². The third-order valence-electron chi connectivity index (χ3n) is 9.54. The van der Waals surface area contributed by atoms with Gasteiger partial charge < -0.3 is 4.90 Å². The monoisotopic (exact) mass is 612 g/mol. The molecule has 0 saturated carbocycles. The molecule has 9 aromatic rings. The highest BCUT2D eigenvalue weighted by atomic mass is 15.2. The highest BCUT2D eigenvalue weighted by Gasteiger charge is 2.30. The van der Waals surface area contributed by atoms with Crippen molar-refractivity contribution in [3.63, 3.8) is 0 Å². The van der Waals surface area contributed by atoms with E-state index >= 15 is 0 Å². The molecule has 4 nitrogen and oxygen atoms in total. The smallest absolute Gasteiger partial charge is 0.235 e. The molecule has 1 aliphatic heterocycles. The van der Waals surface area contributed by atoms with Crippen LogP contribution >= 0.6 is 0 Å². The van der Waals surface area contributed by atoms with Crippen molar-refractivity contribution in [3.05, 3.63) is 170 Å². The topological polar surface area (TPSA) is 34.0 Å². The lowest BCUT2D eigenvalue weighted by Crippen LogP contribution is -2.13. The first-order valence-electron chi connectivity index (χ1n) is 16.3. The minimum Gasteiger partial charge on any atom is -0.307 e. The summed E-state index contributed by atoms with van der Waals surface area (Å²) in [5.74, 6) is 0.644. The zero-order valence-electron chi connectivity index (χ0n) is 26.0. The van der Waals surface area contributed by atoms with E-state index in [1.807, 2.05) is 6.07 Å². The van der Waals surface area contributed by atoms with E-state index in [4.69, 9.17) is 9.97 Å². The molecule has 0 atom stereocenters. The van der Waals surface area contributed by atoms with Gasteiger partial charge in [0.1, 0.15) is 0 Å². The summed E-state index contributed by atoms with van der Waals surface area (Å²) in [6.07, 6.45) is 0. The van der Waals surface area contributed by atoms with Crippen LogP contribution in [-0.4, -0.2) is 14.5 Å². The third kappa shape index (κ3) is 3.90. The number of hydrogen-bond acceptors (Lipinski definition) is 3. The van der Waals surface area contributed by atoms with Gasteiger partial charge in [0.05, 0.1) is 33.6 Å². The minimum absolute atomic E-state index is 0.644. The Morgan fingerprint density at radius 2 is 1.04 bits per heavy atom. The van der Waals surface area contributed by atoms with Crippen LogP contribution in [0.4, 0.5) is 17.1 Å². The predicted octanol–water partition coefficient (Wildman–Crippen LogP) is 11.5. The summed E-state index contributed by atoms with van der Waals surface area (Å²) in [5.41, 5.74) is 13.1. The molecule has 0 fully saturated rings. The van der Waals surface area contributed by atoms with Crippen molar-refractivity contribution in [2.24, 2.45) is 0 Å². The lowest BCUT2D eigenvalue weighted by atomic mass is 9.94. The van der Waals surface area contributed by atoms with E-state index in [2.05, 4.69) is 173 Å². The fraction of sp³-hybridized carbons (Fsp3) is 0. The summed E-state index contributed by atoms with van der Waals surface area (Å²) in [4.78, 5) is 13.1. The van der Waals surface area contributed by atoms with Crippen LogP contribution in [0.15, 0.2) is 170 Å². The predicted molar refractivity (Wildman–Crippen MR) is 198 cm³/mol. The number of aromatic nitrogens is 3. The summed E-state index contributed by atoms with van der Waals surface area (Å²) in [6.45, 7) is 0. The maximum atomic E-state index is 5.41. The van der Waals surface area contributed by atoms with Gasteiger partial charge in [-0.15, -0.1) is 0 Å². The van der Waals surface area contributed by atoms with Crippen molar-refractivity contribution < 1.29 is 0 Å². The lowest BCUT2D eigenvalue weighted by Gasteiger charge is -2.28. The molecule has 224 valence electrons. The maximum Gasteiger partial charge on any atom is 0.235 e. The molecule has 48 heavy (non-hydrogen) atoms. The van der Waals surface area contributed by atoms with Gasteiger partial charge in [0, 0.05) is 38.5 Å². The van der Waals surface area contributed by atoms with Gasteiger partial charge in [-0.25, -0.2) is 9.97 Å². The van der Waals surface area contributed by atoms with Gasteiger partial charge in [0.15, 0.2) is 0 Å². The molecular formula is C44H28N4. The van der Waals surface area contributed by atoms with E-state index in [1.165, 1.54) is 16.7 Å². The standard InChI is InChI=1S/C44H28N4/c1-3-15-29(16-4-1)41-37-23-9-12-24-38(37)45-44(46-41)48-40-26-14-11-22-34(40)36-28-27-35-32-20-8-7-19-31(32)33-21-10-13-25-39(33)47(42(35)43(36)48)30-17-5-2-6-18-30/h1-28H. The van der Waals surface area contributed by atoms with Crippen molar-refractivity contribution in [3.8, 4) is 39.5 Å². The molecule has 0 bridgehead atoms. The minimum atomic E-state index is 0.644. The fourth-order valence-electron chi connectivity index (χ4n) is 7.49. The summed E-state index contributed by atoms with van der Waals surface area (Å²) in [6, 6.07) is 60.2. The largest absolute Gasteiger partial charge is 0.307 e. The molecular weight excluding hydrogens is 585 g/mol. The Morgan fingerprint density at radius 1 is 0.417 bits per heavy atom. The van der Waals surface area contributed by atoms with Gasteiger partial charge in [0.25, 0.3) is 0 Å². The highest BCUT2D eigenvalue weighted by Crippen LogP contribution is 2.54. The third-order valence-corrected chi connectivity index (χ3v) is 9.54. The first-order valence-corrected chi connectivity index (χ1v) is 16.3. The van der Waals surface area contributed by atoms with Crippen LogP contribution in [0.25, 0.3) is 72.2 Å². The fourth-order valence-corrected chi connectivity index (χ4v) is 7.49. The Morgan fingerprint density at radius 3 is 1.85 bits per heavy atom. The van der Waals surface area contributed by atoms with Crippen molar-refractivity contribution in [2.75, 3.05) is 4.90 Å². The van der Waals surface area contributed by atoms with E-state index in [-0.39, 0.29) is 0 Å². The molecule has 1 aliphatic rings. The van der Waals surface area contributed by atoms with Gasteiger partial charge in [-0.2, -0.15) is 0 Å². The lowest BCUT2D eigenvalue weighted by molar-refractivity contribution is 1.01. The van der Waals surface area contributed by atoms with E-state index in [0.29, 0.717) is 5.95 Å². The summed E-state index contributed by atoms with van der Waals surface area (Å²) < 4.78 is 2.29. The van der Waals surface area contributed by atoms with Crippen LogP contribution in [0.1, 0.15) is 0 Å². The van der Waals surface area contributed by atoms with Gasteiger partial charge in [0.2, 0.25) is 5.95 Å². The van der Waals surface area contributed by atoms with Gasteiger partial charge in [-0.1, -0.05) is 140 Å². The van der Waals surface area contributed by atoms with E-state index in [0.717, 1.165) is 66.6 Å². The summed E-state index contributed by atoms with van der Waals surface area (Å²) in [7, 11) is 0. The Labute approximate surface area is 277 Å². The zero-order chi connectivity index (χ0) is 31.6. The molecule has 0 aliphatic carbocycles. The Hall–Kier alpha value is -6.52. The SMILES string of the molecule is c1ccc(-c2nc(-n3c4ccccc4c4ccc5c(c43)N(c3ccccc3)c3ccccc3-c3ccccc3-5)nc3ccccc23)cc1. The van der Waals surface area contributed by atoms with Crippen molar-refractivity contribution in [1.82, 2.24) is 14.5 Å². The number of nitrogens with zero attached hydrogens (tertiary/aromatic N) is 4. The van der Waals surface area contributed by atoms with E-state index in [9.17, 15) is 0 Å². The maximum absolute atomic E-state index is 5.41. The Kier molecular flexibility index (Phi) is 5.84. The second-order valence-corrected chi connectivity index (χ2v) is 12.2. The van der Waals surface area contributed by atoms with Crippen LogP contribution in [0.3, 0.4) is 0 Å². The molecule has 2 aromatic heterocycles. The Balaban J connectivity index is 1.41. The molecule has 0 N–H and O–H groups in total. The van der Waals surface area contributed by atoms with Gasteiger partial charge in [-0.05, 0) is 41.5 Å². The molecule has 0 radical (unpaired) electrons. The molecule has 0 spiro atoms. The quantitative estimate of drug-likeness (QED) is 0.199. The van der Waals surface area contributed by atoms with E-state index in [1.54, 1.807) is 0 Å². The molecule has 4 heteroatoms. The molecule has 3 heterocycles. The van der Waals surface area contributed by atoms with Crippen LogP contribution in [-0.2, 0) is 0 Å². The Bertz CT molecular complexity index is 2670. The van der Waals surface area contributed by atoms with Crippen molar-refractivity contribution in [1.29, 1.82) is 0 Å². The normalized spacial score (nSPS) is 12.1. The second-order valence-electron chi connectivity index (χ2n) is 12.2.